The number of sulfone groups is 1. The number of rotatable bonds is 2. The van der Waals surface area contributed by atoms with Gasteiger partial charge in [0.2, 0.25) is 5.91 Å². The Kier molecular flexibility index (Phi) is 3.76. The van der Waals surface area contributed by atoms with E-state index in [-0.39, 0.29) is 17.1 Å². The van der Waals surface area contributed by atoms with Crippen LogP contribution in [0.1, 0.15) is 38.5 Å². The number of carbonyl (C=O) groups is 1. The molecule has 0 spiro atoms. The molecule has 1 heterocycles. The molecule has 2 fully saturated rings. The summed E-state index contributed by atoms with van der Waals surface area (Å²) in [5.74, 6) is 0.345. The van der Waals surface area contributed by atoms with Gasteiger partial charge in [0.25, 0.3) is 0 Å². The molecule has 2 aliphatic rings. The molecule has 1 saturated heterocycles. The van der Waals surface area contributed by atoms with Gasteiger partial charge in [0.1, 0.15) is 0 Å². The lowest BCUT2D eigenvalue weighted by molar-refractivity contribution is -0.135. The predicted molar refractivity (Wildman–Crippen MR) is 66.4 cm³/mol. The Bertz CT molecular complexity index is 385. The molecule has 2 rings (SSSR count). The maximum atomic E-state index is 12.2. The van der Waals surface area contributed by atoms with Crippen molar-refractivity contribution < 1.29 is 13.2 Å². The van der Waals surface area contributed by atoms with Crippen LogP contribution >= 0.6 is 0 Å². The van der Waals surface area contributed by atoms with E-state index in [1.807, 2.05) is 0 Å². The number of hydrogen-bond donors (Lipinski definition) is 0. The average molecular weight is 259 g/mol. The number of amides is 1. The van der Waals surface area contributed by atoms with Crippen molar-refractivity contribution in [2.24, 2.45) is 5.92 Å². The van der Waals surface area contributed by atoms with Gasteiger partial charge in [-0.25, -0.2) is 8.42 Å². The Labute approximate surface area is 103 Å². The van der Waals surface area contributed by atoms with Crippen molar-refractivity contribution in [3.63, 3.8) is 0 Å². The molecular weight excluding hydrogens is 238 g/mol. The second-order valence-corrected chi connectivity index (χ2v) is 7.69. The van der Waals surface area contributed by atoms with Gasteiger partial charge >= 0.3 is 0 Å². The fourth-order valence-electron chi connectivity index (χ4n) is 2.89. The number of likely N-dealkylation sites (tertiary alicyclic amines) is 1. The summed E-state index contributed by atoms with van der Waals surface area (Å²) >= 11 is 0. The first-order valence-electron chi connectivity index (χ1n) is 6.46. The smallest absolute Gasteiger partial charge is 0.225 e. The van der Waals surface area contributed by atoms with Crippen LogP contribution in [-0.4, -0.2) is 43.8 Å². The van der Waals surface area contributed by atoms with Crippen molar-refractivity contribution in [2.75, 3.05) is 19.3 Å². The van der Waals surface area contributed by atoms with E-state index in [0.717, 1.165) is 25.7 Å². The Balaban J connectivity index is 1.93. The van der Waals surface area contributed by atoms with E-state index in [2.05, 4.69) is 0 Å². The summed E-state index contributed by atoms with van der Waals surface area (Å²) < 4.78 is 22.9. The Morgan fingerprint density at radius 2 is 1.76 bits per heavy atom. The van der Waals surface area contributed by atoms with Crippen molar-refractivity contribution in [3.05, 3.63) is 0 Å². The Morgan fingerprint density at radius 1 is 1.12 bits per heavy atom. The van der Waals surface area contributed by atoms with Crippen LogP contribution in [-0.2, 0) is 14.6 Å². The molecule has 1 aliphatic heterocycles. The third kappa shape index (κ3) is 3.00. The lowest BCUT2D eigenvalue weighted by Crippen LogP contribution is -2.36. The molecule has 1 aliphatic carbocycles. The first-order chi connectivity index (χ1) is 7.98. The van der Waals surface area contributed by atoms with Gasteiger partial charge < -0.3 is 4.90 Å². The second-order valence-electron chi connectivity index (χ2n) is 5.36. The van der Waals surface area contributed by atoms with E-state index in [9.17, 15) is 13.2 Å². The lowest BCUT2D eigenvalue weighted by atomic mass is 9.88. The highest BCUT2D eigenvalue weighted by molar-refractivity contribution is 7.91. The van der Waals surface area contributed by atoms with Crippen LogP contribution in [0.5, 0.6) is 0 Å². The first kappa shape index (κ1) is 12.9. The van der Waals surface area contributed by atoms with E-state index in [1.54, 1.807) is 4.90 Å². The minimum Gasteiger partial charge on any atom is -0.341 e. The molecule has 0 radical (unpaired) electrons. The molecule has 0 aromatic carbocycles. The van der Waals surface area contributed by atoms with Gasteiger partial charge in [-0.3, -0.25) is 4.79 Å². The molecule has 17 heavy (non-hydrogen) atoms. The van der Waals surface area contributed by atoms with Gasteiger partial charge in [0, 0.05) is 25.3 Å². The van der Waals surface area contributed by atoms with Gasteiger partial charge in [-0.2, -0.15) is 0 Å². The van der Waals surface area contributed by atoms with E-state index >= 15 is 0 Å². The predicted octanol–water partition coefficient (Wildman–Crippen LogP) is 1.21. The van der Waals surface area contributed by atoms with Crippen LogP contribution in [0.3, 0.4) is 0 Å². The number of hydrogen-bond acceptors (Lipinski definition) is 3. The summed E-state index contributed by atoms with van der Waals surface area (Å²) in [6.07, 6.45) is 7.36. The van der Waals surface area contributed by atoms with Gasteiger partial charge in [-0.1, -0.05) is 19.3 Å². The summed E-state index contributed by atoms with van der Waals surface area (Å²) in [5.41, 5.74) is 0. The molecule has 98 valence electrons. The summed E-state index contributed by atoms with van der Waals surface area (Å²) in [6, 6.07) is 0. The molecule has 1 amide bonds. The van der Waals surface area contributed by atoms with Crippen LogP contribution < -0.4 is 0 Å². The standard InChI is InChI=1S/C12H21NO3S/c1-17(15,16)11-7-8-13(9-11)12(14)10-5-3-2-4-6-10/h10-11H,2-9H2,1H3/t11-/m1/s1. The normalized spacial score (nSPS) is 27.4. The van der Waals surface area contributed by atoms with Crippen LogP contribution in [0.4, 0.5) is 0 Å². The third-order valence-corrected chi connectivity index (χ3v) is 5.61. The number of nitrogens with zero attached hydrogens (tertiary/aromatic N) is 1. The maximum Gasteiger partial charge on any atom is 0.225 e. The molecule has 5 heteroatoms. The van der Waals surface area contributed by atoms with Crippen LogP contribution in [0, 0.1) is 5.92 Å². The van der Waals surface area contributed by atoms with Gasteiger partial charge in [-0.15, -0.1) is 0 Å². The highest BCUT2D eigenvalue weighted by Crippen LogP contribution is 2.27. The first-order valence-corrected chi connectivity index (χ1v) is 8.41. The largest absolute Gasteiger partial charge is 0.341 e. The minimum absolute atomic E-state index is 0.155. The highest BCUT2D eigenvalue weighted by atomic mass is 32.2. The molecule has 0 aromatic heterocycles. The SMILES string of the molecule is CS(=O)(=O)[C@@H]1CCN(C(=O)C2CCCCC2)C1. The van der Waals surface area contributed by atoms with E-state index in [0.29, 0.717) is 19.5 Å². The third-order valence-electron chi connectivity index (χ3n) is 4.02. The zero-order chi connectivity index (χ0) is 12.5. The molecule has 4 nitrogen and oxygen atoms in total. The fraction of sp³-hybridized carbons (Fsp3) is 0.917. The summed E-state index contributed by atoms with van der Waals surface area (Å²) in [6.45, 7) is 1.03. The van der Waals surface area contributed by atoms with Crippen LogP contribution in [0.15, 0.2) is 0 Å². The molecule has 0 aromatic rings. The van der Waals surface area contributed by atoms with Crippen molar-refractivity contribution >= 4 is 15.7 Å². The number of carbonyl (C=O) groups excluding carboxylic acids is 1. The zero-order valence-electron chi connectivity index (χ0n) is 10.4. The van der Waals surface area contributed by atoms with Gasteiger partial charge in [0.15, 0.2) is 9.84 Å². The maximum absolute atomic E-state index is 12.2. The topological polar surface area (TPSA) is 54.5 Å². The van der Waals surface area contributed by atoms with E-state index < -0.39 is 9.84 Å². The quantitative estimate of drug-likeness (QED) is 0.749. The van der Waals surface area contributed by atoms with Crippen LogP contribution in [0.25, 0.3) is 0 Å². The highest BCUT2D eigenvalue weighted by Gasteiger charge is 2.35. The monoisotopic (exact) mass is 259 g/mol. The van der Waals surface area contributed by atoms with Crippen molar-refractivity contribution in [1.29, 1.82) is 0 Å². The Hall–Kier alpha value is -0.580. The summed E-state index contributed by atoms with van der Waals surface area (Å²) in [5, 5.41) is -0.338. The molecular formula is C12H21NO3S. The Morgan fingerprint density at radius 3 is 2.29 bits per heavy atom. The molecule has 0 unspecified atom stereocenters. The van der Waals surface area contributed by atoms with E-state index in [4.69, 9.17) is 0 Å². The molecule has 0 N–H and O–H groups in total. The average Bonchev–Trinajstić information content (AvgIpc) is 2.78. The van der Waals surface area contributed by atoms with Crippen molar-refractivity contribution in [1.82, 2.24) is 4.90 Å². The van der Waals surface area contributed by atoms with Gasteiger partial charge in [0.05, 0.1) is 5.25 Å². The summed E-state index contributed by atoms with van der Waals surface area (Å²) in [4.78, 5) is 14.0. The lowest BCUT2D eigenvalue weighted by Gasteiger charge is -2.26. The second kappa shape index (κ2) is 4.96. The zero-order valence-corrected chi connectivity index (χ0v) is 11.2. The minimum atomic E-state index is -2.99. The van der Waals surface area contributed by atoms with Crippen molar-refractivity contribution in [3.8, 4) is 0 Å². The van der Waals surface area contributed by atoms with E-state index in [1.165, 1.54) is 12.7 Å². The van der Waals surface area contributed by atoms with Gasteiger partial charge in [-0.05, 0) is 19.3 Å². The fourth-order valence-corrected chi connectivity index (χ4v) is 3.87. The molecule has 1 atom stereocenters. The molecule has 0 bridgehead atoms. The van der Waals surface area contributed by atoms with Crippen LogP contribution in [0.2, 0.25) is 0 Å². The summed E-state index contributed by atoms with van der Waals surface area (Å²) in [7, 11) is -2.99. The van der Waals surface area contributed by atoms with Crippen molar-refractivity contribution in [2.45, 2.75) is 43.8 Å². The molecule has 1 saturated carbocycles.